The third-order valence-corrected chi connectivity index (χ3v) is 3.27. The Morgan fingerprint density at radius 2 is 1.68 bits per heavy atom. The summed E-state index contributed by atoms with van der Waals surface area (Å²) in [5.41, 5.74) is 1.94. The van der Waals surface area contributed by atoms with Gasteiger partial charge in [-0.15, -0.1) is 0 Å². The molecule has 2 rings (SSSR count). The molecule has 0 aliphatic carbocycles. The summed E-state index contributed by atoms with van der Waals surface area (Å²) < 4.78 is 5.09. The Kier molecular flexibility index (Phi) is 4.35. The van der Waals surface area contributed by atoms with E-state index in [2.05, 4.69) is 19.1 Å². The van der Waals surface area contributed by atoms with E-state index >= 15 is 0 Å². The highest BCUT2D eigenvalue weighted by Crippen LogP contribution is 2.21. The summed E-state index contributed by atoms with van der Waals surface area (Å²) in [6.45, 7) is 2.08. The molecule has 0 N–H and O–H groups in total. The molecule has 0 fully saturated rings. The second kappa shape index (κ2) is 6.19. The van der Waals surface area contributed by atoms with Crippen LogP contribution in [0, 0.1) is 0 Å². The van der Waals surface area contributed by atoms with E-state index in [0.717, 1.165) is 11.3 Å². The zero-order valence-electron chi connectivity index (χ0n) is 11.3. The summed E-state index contributed by atoms with van der Waals surface area (Å²) in [6, 6.07) is 17.4. The highest BCUT2D eigenvalue weighted by Gasteiger charge is 2.12. The molecular formula is C17H18O2. The van der Waals surface area contributed by atoms with Gasteiger partial charge < -0.3 is 4.74 Å². The lowest BCUT2D eigenvalue weighted by Crippen LogP contribution is -2.05. The topological polar surface area (TPSA) is 26.3 Å². The summed E-state index contributed by atoms with van der Waals surface area (Å²) in [7, 11) is 1.62. The highest BCUT2D eigenvalue weighted by atomic mass is 16.5. The second-order valence-electron chi connectivity index (χ2n) is 4.67. The van der Waals surface area contributed by atoms with Gasteiger partial charge in [0.1, 0.15) is 5.75 Å². The Labute approximate surface area is 114 Å². The fourth-order valence-electron chi connectivity index (χ4n) is 2.07. The molecule has 1 atom stereocenters. The Morgan fingerprint density at radius 1 is 1.05 bits per heavy atom. The maximum Gasteiger partial charge on any atom is 0.163 e. The lowest BCUT2D eigenvalue weighted by atomic mass is 9.93. The predicted molar refractivity (Wildman–Crippen MR) is 76.8 cm³/mol. The molecule has 0 aliphatic heterocycles. The van der Waals surface area contributed by atoms with E-state index in [-0.39, 0.29) is 11.7 Å². The van der Waals surface area contributed by atoms with Crippen LogP contribution in [0.1, 0.15) is 35.2 Å². The SMILES string of the molecule is COc1ccc(C(=O)C[C@H](C)c2ccccc2)cc1. The van der Waals surface area contributed by atoms with Gasteiger partial charge >= 0.3 is 0 Å². The van der Waals surface area contributed by atoms with Gasteiger partial charge in [-0.2, -0.15) is 0 Å². The van der Waals surface area contributed by atoms with Gasteiger partial charge in [0, 0.05) is 12.0 Å². The van der Waals surface area contributed by atoms with Gasteiger partial charge in [0.05, 0.1) is 7.11 Å². The summed E-state index contributed by atoms with van der Waals surface area (Å²) in [6.07, 6.45) is 0.524. The van der Waals surface area contributed by atoms with Gasteiger partial charge in [0.15, 0.2) is 5.78 Å². The van der Waals surface area contributed by atoms with E-state index in [0.29, 0.717) is 6.42 Å². The molecule has 0 aliphatic rings. The van der Waals surface area contributed by atoms with Crippen molar-refractivity contribution in [2.24, 2.45) is 0 Å². The molecule has 2 heteroatoms. The number of carbonyl (C=O) groups is 1. The predicted octanol–water partition coefficient (Wildman–Crippen LogP) is 4.07. The van der Waals surface area contributed by atoms with Gasteiger partial charge in [0.25, 0.3) is 0 Å². The van der Waals surface area contributed by atoms with Crippen LogP contribution in [0.25, 0.3) is 0 Å². The van der Waals surface area contributed by atoms with Crippen molar-refractivity contribution in [1.82, 2.24) is 0 Å². The molecule has 0 saturated heterocycles. The molecule has 0 unspecified atom stereocenters. The van der Waals surface area contributed by atoms with Crippen LogP contribution in [-0.2, 0) is 0 Å². The molecule has 0 amide bonds. The smallest absolute Gasteiger partial charge is 0.163 e. The van der Waals surface area contributed by atoms with Crippen molar-refractivity contribution >= 4 is 5.78 Å². The monoisotopic (exact) mass is 254 g/mol. The maximum atomic E-state index is 12.2. The molecular weight excluding hydrogens is 236 g/mol. The zero-order chi connectivity index (χ0) is 13.7. The van der Waals surface area contributed by atoms with Crippen LogP contribution >= 0.6 is 0 Å². The van der Waals surface area contributed by atoms with Gasteiger partial charge in [-0.1, -0.05) is 37.3 Å². The fraction of sp³-hybridized carbons (Fsp3) is 0.235. The minimum absolute atomic E-state index is 0.166. The average Bonchev–Trinajstić information content (AvgIpc) is 2.48. The van der Waals surface area contributed by atoms with Crippen molar-refractivity contribution in [2.75, 3.05) is 7.11 Å². The first-order valence-corrected chi connectivity index (χ1v) is 6.43. The summed E-state index contributed by atoms with van der Waals surface area (Å²) >= 11 is 0. The van der Waals surface area contributed by atoms with Crippen molar-refractivity contribution in [1.29, 1.82) is 0 Å². The van der Waals surface area contributed by atoms with Gasteiger partial charge in [-0.05, 0) is 35.7 Å². The molecule has 0 saturated carbocycles. The van der Waals surface area contributed by atoms with E-state index < -0.39 is 0 Å². The number of methoxy groups -OCH3 is 1. The molecule has 0 heterocycles. The van der Waals surface area contributed by atoms with Crippen LogP contribution < -0.4 is 4.74 Å². The van der Waals surface area contributed by atoms with Crippen molar-refractivity contribution in [3.05, 3.63) is 65.7 Å². The minimum atomic E-state index is 0.166. The van der Waals surface area contributed by atoms with Crippen molar-refractivity contribution in [2.45, 2.75) is 19.3 Å². The Bertz CT molecular complexity index is 529. The van der Waals surface area contributed by atoms with Crippen LogP contribution in [0.3, 0.4) is 0 Å². The third-order valence-electron chi connectivity index (χ3n) is 3.27. The molecule has 2 aromatic rings. The Morgan fingerprint density at radius 3 is 2.26 bits per heavy atom. The standard InChI is InChI=1S/C17H18O2/c1-13(14-6-4-3-5-7-14)12-17(18)15-8-10-16(19-2)11-9-15/h3-11,13H,12H2,1-2H3/t13-/m0/s1. The Hall–Kier alpha value is -2.09. The number of ketones is 1. The number of carbonyl (C=O) groups excluding carboxylic acids is 1. The third kappa shape index (κ3) is 3.44. The number of ether oxygens (including phenoxy) is 1. The van der Waals surface area contributed by atoms with Crippen LogP contribution in [0.4, 0.5) is 0 Å². The molecule has 2 nitrogen and oxygen atoms in total. The normalized spacial score (nSPS) is 11.9. The van der Waals surface area contributed by atoms with Crippen molar-refractivity contribution in [3.63, 3.8) is 0 Å². The summed E-state index contributed by atoms with van der Waals surface area (Å²) in [5.74, 6) is 1.17. The quantitative estimate of drug-likeness (QED) is 0.752. The van der Waals surface area contributed by atoms with Gasteiger partial charge in [-0.3, -0.25) is 4.79 Å². The van der Waals surface area contributed by atoms with Gasteiger partial charge in [0.2, 0.25) is 0 Å². The number of Topliss-reactive ketones (excluding diaryl/α,β-unsaturated/α-hetero) is 1. The first-order valence-electron chi connectivity index (χ1n) is 6.43. The number of hydrogen-bond donors (Lipinski definition) is 0. The van der Waals surface area contributed by atoms with E-state index in [1.807, 2.05) is 42.5 Å². The molecule has 19 heavy (non-hydrogen) atoms. The molecule has 0 spiro atoms. The van der Waals surface area contributed by atoms with E-state index in [1.54, 1.807) is 7.11 Å². The molecule has 0 aromatic heterocycles. The lowest BCUT2D eigenvalue weighted by molar-refractivity contribution is 0.0975. The molecule has 98 valence electrons. The molecule has 0 bridgehead atoms. The summed E-state index contributed by atoms with van der Waals surface area (Å²) in [4.78, 5) is 12.2. The fourth-order valence-corrected chi connectivity index (χ4v) is 2.07. The van der Waals surface area contributed by atoms with Crippen molar-refractivity contribution < 1.29 is 9.53 Å². The first kappa shape index (κ1) is 13.3. The molecule has 2 aromatic carbocycles. The van der Waals surface area contributed by atoms with Gasteiger partial charge in [-0.25, -0.2) is 0 Å². The maximum absolute atomic E-state index is 12.2. The first-order chi connectivity index (χ1) is 9.20. The van der Waals surface area contributed by atoms with Crippen molar-refractivity contribution in [3.8, 4) is 5.75 Å². The Balaban J connectivity index is 2.04. The highest BCUT2D eigenvalue weighted by molar-refractivity contribution is 5.96. The van der Waals surface area contributed by atoms with Crippen LogP contribution in [-0.4, -0.2) is 12.9 Å². The minimum Gasteiger partial charge on any atom is -0.497 e. The van der Waals surface area contributed by atoms with Crippen LogP contribution in [0.2, 0.25) is 0 Å². The van der Waals surface area contributed by atoms with Crippen LogP contribution in [0.5, 0.6) is 5.75 Å². The zero-order valence-corrected chi connectivity index (χ0v) is 11.3. The molecule has 0 radical (unpaired) electrons. The van der Waals surface area contributed by atoms with E-state index in [9.17, 15) is 4.79 Å². The van der Waals surface area contributed by atoms with E-state index in [4.69, 9.17) is 4.74 Å². The largest absolute Gasteiger partial charge is 0.497 e. The number of rotatable bonds is 5. The second-order valence-corrected chi connectivity index (χ2v) is 4.67. The average molecular weight is 254 g/mol. The number of hydrogen-bond acceptors (Lipinski definition) is 2. The number of benzene rings is 2. The lowest BCUT2D eigenvalue weighted by Gasteiger charge is -2.11. The van der Waals surface area contributed by atoms with Crippen LogP contribution in [0.15, 0.2) is 54.6 Å². The van der Waals surface area contributed by atoms with E-state index in [1.165, 1.54) is 5.56 Å². The summed E-state index contributed by atoms with van der Waals surface area (Å²) in [5, 5.41) is 0.